The van der Waals surface area contributed by atoms with Crippen molar-refractivity contribution in [2.45, 2.75) is 39.4 Å². The van der Waals surface area contributed by atoms with Crippen molar-refractivity contribution >= 4 is 34.7 Å². The molecule has 0 saturated heterocycles. The minimum absolute atomic E-state index is 0.0841. The number of carbonyl (C=O) groups excluding carboxylic acids is 2. The zero-order valence-electron chi connectivity index (χ0n) is 13.8. The first-order valence-electron chi connectivity index (χ1n) is 7.43. The number of rotatable bonds is 6. The molecule has 0 aliphatic carbocycles. The Morgan fingerprint density at radius 2 is 2.08 bits per heavy atom. The standard InChI is InChI=1S/C16H20N2O4S2/c1-16(2,3)22-15(20)17-6-4-13(19)21-8-12-10-24-14(18-12)11-5-7-23-9-11/h5,7,9-10H,4,6,8H2,1-3H3,(H,17,20). The zero-order valence-corrected chi connectivity index (χ0v) is 15.5. The third-order valence-electron chi connectivity index (χ3n) is 2.70. The van der Waals surface area contributed by atoms with Crippen LogP contribution in [0.25, 0.3) is 10.6 Å². The topological polar surface area (TPSA) is 77.5 Å². The Morgan fingerprint density at radius 3 is 2.75 bits per heavy atom. The molecule has 0 aromatic carbocycles. The molecule has 1 amide bonds. The van der Waals surface area contributed by atoms with Crippen LogP contribution in [0.4, 0.5) is 4.79 Å². The average molecular weight is 368 g/mol. The van der Waals surface area contributed by atoms with Gasteiger partial charge in [0.05, 0.1) is 12.1 Å². The van der Waals surface area contributed by atoms with Gasteiger partial charge in [-0.1, -0.05) is 0 Å². The van der Waals surface area contributed by atoms with Crippen LogP contribution in [0.3, 0.4) is 0 Å². The second-order valence-electron chi connectivity index (χ2n) is 6.00. The molecule has 0 unspecified atom stereocenters. The summed E-state index contributed by atoms with van der Waals surface area (Å²) >= 11 is 3.13. The van der Waals surface area contributed by atoms with Gasteiger partial charge in [0, 0.05) is 22.9 Å². The predicted octanol–water partition coefficient (Wildman–Crippen LogP) is 3.83. The van der Waals surface area contributed by atoms with Gasteiger partial charge in [-0.3, -0.25) is 4.79 Å². The number of carbonyl (C=O) groups is 2. The number of aromatic nitrogens is 1. The van der Waals surface area contributed by atoms with E-state index in [0.29, 0.717) is 0 Å². The molecule has 2 aromatic heterocycles. The predicted molar refractivity (Wildman–Crippen MR) is 94.1 cm³/mol. The number of esters is 1. The number of nitrogens with zero attached hydrogens (tertiary/aromatic N) is 1. The van der Waals surface area contributed by atoms with Crippen LogP contribution < -0.4 is 5.32 Å². The van der Waals surface area contributed by atoms with Gasteiger partial charge in [-0.25, -0.2) is 9.78 Å². The fourth-order valence-corrected chi connectivity index (χ4v) is 3.22. The number of alkyl carbamates (subject to hydrolysis) is 1. The first-order valence-corrected chi connectivity index (χ1v) is 9.25. The van der Waals surface area contributed by atoms with Gasteiger partial charge in [0.15, 0.2) is 0 Å². The first-order chi connectivity index (χ1) is 11.3. The largest absolute Gasteiger partial charge is 0.459 e. The lowest BCUT2D eigenvalue weighted by Crippen LogP contribution is -2.33. The maximum absolute atomic E-state index is 11.7. The van der Waals surface area contributed by atoms with E-state index in [2.05, 4.69) is 10.3 Å². The summed E-state index contributed by atoms with van der Waals surface area (Å²) in [5.41, 5.74) is 1.23. The van der Waals surface area contributed by atoms with E-state index in [0.717, 1.165) is 16.3 Å². The van der Waals surface area contributed by atoms with Gasteiger partial charge in [-0.15, -0.1) is 11.3 Å². The summed E-state index contributed by atoms with van der Waals surface area (Å²) in [7, 11) is 0. The molecule has 130 valence electrons. The van der Waals surface area contributed by atoms with Gasteiger partial charge in [0.1, 0.15) is 17.2 Å². The Morgan fingerprint density at radius 1 is 1.29 bits per heavy atom. The van der Waals surface area contributed by atoms with Gasteiger partial charge >= 0.3 is 12.1 Å². The molecule has 6 nitrogen and oxygen atoms in total. The number of hydrogen-bond acceptors (Lipinski definition) is 7. The molecular weight excluding hydrogens is 348 g/mol. The fourth-order valence-electron chi connectivity index (χ4n) is 1.70. The van der Waals surface area contributed by atoms with Crippen molar-refractivity contribution in [3.05, 3.63) is 27.9 Å². The SMILES string of the molecule is CC(C)(C)OC(=O)NCCC(=O)OCc1csc(-c2ccsc2)n1. The van der Waals surface area contributed by atoms with Crippen LogP contribution in [0.1, 0.15) is 32.9 Å². The van der Waals surface area contributed by atoms with E-state index in [1.165, 1.54) is 11.3 Å². The third-order valence-corrected chi connectivity index (χ3v) is 4.32. The normalized spacial score (nSPS) is 11.1. The lowest BCUT2D eigenvalue weighted by atomic mass is 10.2. The minimum atomic E-state index is -0.560. The highest BCUT2D eigenvalue weighted by atomic mass is 32.1. The van der Waals surface area contributed by atoms with Crippen LogP contribution in [-0.4, -0.2) is 29.2 Å². The summed E-state index contributed by atoms with van der Waals surface area (Å²) in [6, 6.07) is 2.00. The molecule has 2 rings (SSSR count). The Hall–Kier alpha value is -1.93. The quantitative estimate of drug-likeness (QED) is 0.784. The fraction of sp³-hybridized carbons (Fsp3) is 0.438. The van der Waals surface area contributed by atoms with Crippen LogP contribution in [0.5, 0.6) is 0 Å². The molecule has 0 aliphatic heterocycles. The van der Waals surface area contributed by atoms with E-state index in [9.17, 15) is 9.59 Å². The molecule has 2 aromatic rings. The van der Waals surface area contributed by atoms with Crippen molar-refractivity contribution in [1.82, 2.24) is 10.3 Å². The molecule has 0 atom stereocenters. The molecule has 0 bridgehead atoms. The van der Waals surface area contributed by atoms with Crippen molar-refractivity contribution in [3.63, 3.8) is 0 Å². The molecule has 0 aliphatic rings. The highest BCUT2D eigenvalue weighted by molar-refractivity contribution is 7.14. The Kier molecular flexibility index (Phi) is 6.33. The van der Waals surface area contributed by atoms with Gasteiger partial charge in [0.2, 0.25) is 0 Å². The summed E-state index contributed by atoms with van der Waals surface area (Å²) in [4.78, 5) is 27.6. The van der Waals surface area contributed by atoms with Crippen LogP contribution in [0.2, 0.25) is 0 Å². The van der Waals surface area contributed by atoms with E-state index in [4.69, 9.17) is 9.47 Å². The highest BCUT2D eigenvalue weighted by Crippen LogP contribution is 2.25. The molecule has 0 saturated carbocycles. The van der Waals surface area contributed by atoms with Gasteiger partial charge in [-0.2, -0.15) is 11.3 Å². The van der Waals surface area contributed by atoms with Crippen molar-refractivity contribution in [2.75, 3.05) is 6.54 Å². The second kappa shape index (κ2) is 8.25. The van der Waals surface area contributed by atoms with E-state index < -0.39 is 17.7 Å². The van der Waals surface area contributed by atoms with Crippen molar-refractivity contribution in [2.24, 2.45) is 0 Å². The van der Waals surface area contributed by atoms with Crippen molar-refractivity contribution in [3.8, 4) is 10.6 Å². The maximum Gasteiger partial charge on any atom is 0.407 e. The number of amides is 1. The molecule has 8 heteroatoms. The highest BCUT2D eigenvalue weighted by Gasteiger charge is 2.16. The monoisotopic (exact) mass is 368 g/mol. The summed E-state index contributed by atoms with van der Waals surface area (Å²) in [5.74, 6) is -0.392. The van der Waals surface area contributed by atoms with E-state index in [-0.39, 0.29) is 19.6 Å². The molecule has 24 heavy (non-hydrogen) atoms. The second-order valence-corrected chi connectivity index (χ2v) is 7.63. The summed E-state index contributed by atoms with van der Waals surface area (Å²) < 4.78 is 10.2. The zero-order chi connectivity index (χ0) is 17.6. The first kappa shape index (κ1) is 18.4. The Labute approximate surface area is 148 Å². The Balaban J connectivity index is 1.67. The maximum atomic E-state index is 11.7. The van der Waals surface area contributed by atoms with Crippen LogP contribution >= 0.6 is 22.7 Å². The molecule has 0 radical (unpaired) electrons. The lowest BCUT2D eigenvalue weighted by molar-refractivity contribution is -0.144. The van der Waals surface area contributed by atoms with Gasteiger partial charge in [-0.05, 0) is 32.2 Å². The van der Waals surface area contributed by atoms with Crippen LogP contribution in [-0.2, 0) is 20.9 Å². The van der Waals surface area contributed by atoms with E-state index in [1.54, 1.807) is 32.1 Å². The van der Waals surface area contributed by atoms with Crippen LogP contribution in [0.15, 0.2) is 22.2 Å². The number of nitrogens with one attached hydrogen (secondary N) is 1. The summed E-state index contributed by atoms with van der Waals surface area (Å²) in [5, 5.41) is 9.32. The van der Waals surface area contributed by atoms with E-state index in [1.807, 2.05) is 22.2 Å². The smallest absolute Gasteiger partial charge is 0.407 e. The Bertz CT molecular complexity index is 675. The van der Waals surface area contributed by atoms with Crippen molar-refractivity contribution < 1.29 is 19.1 Å². The van der Waals surface area contributed by atoms with Gasteiger partial charge in [0.25, 0.3) is 0 Å². The number of ether oxygens (including phenoxy) is 2. The van der Waals surface area contributed by atoms with Crippen molar-refractivity contribution in [1.29, 1.82) is 0 Å². The lowest BCUT2D eigenvalue weighted by Gasteiger charge is -2.19. The van der Waals surface area contributed by atoms with Gasteiger partial charge < -0.3 is 14.8 Å². The average Bonchev–Trinajstić information content (AvgIpc) is 3.14. The number of thiophene rings is 1. The third kappa shape index (κ3) is 6.29. The molecule has 0 fully saturated rings. The molecule has 1 N–H and O–H groups in total. The molecular formula is C16H20N2O4S2. The molecule has 0 spiro atoms. The summed E-state index contributed by atoms with van der Waals surface area (Å²) in [6.45, 7) is 5.63. The number of hydrogen-bond donors (Lipinski definition) is 1. The minimum Gasteiger partial charge on any atom is -0.459 e. The van der Waals surface area contributed by atoms with E-state index >= 15 is 0 Å². The van der Waals surface area contributed by atoms with Crippen LogP contribution in [0, 0.1) is 0 Å². The summed E-state index contributed by atoms with van der Waals surface area (Å²) in [6.07, 6.45) is -0.462. The molecule has 2 heterocycles. The number of thiazole rings is 1.